The van der Waals surface area contributed by atoms with Crippen LogP contribution in [0.2, 0.25) is 5.02 Å². The molecule has 37 heavy (non-hydrogen) atoms. The van der Waals surface area contributed by atoms with Crippen molar-refractivity contribution in [2.24, 2.45) is 0 Å². The van der Waals surface area contributed by atoms with E-state index < -0.39 is 29.5 Å². The fourth-order valence-electron chi connectivity index (χ4n) is 4.17. The van der Waals surface area contributed by atoms with Gasteiger partial charge in [-0.05, 0) is 61.4 Å². The number of benzene rings is 2. The second-order valence-corrected chi connectivity index (χ2v) is 8.61. The molecule has 3 aromatic rings. The molecular weight excluding hydrogens is 496 g/mol. The summed E-state index contributed by atoms with van der Waals surface area (Å²) in [5, 5.41) is 11.5. The molecule has 190 valence electrons. The lowest BCUT2D eigenvalue weighted by Gasteiger charge is -2.25. The van der Waals surface area contributed by atoms with Crippen molar-refractivity contribution >= 4 is 35.0 Å². The van der Waals surface area contributed by atoms with Crippen LogP contribution in [0, 0.1) is 0 Å². The number of pyridine rings is 1. The predicted molar refractivity (Wildman–Crippen MR) is 137 cm³/mol. The van der Waals surface area contributed by atoms with Crippen LogP contribution in [0.4, 0.5) is 0 Å². The van der Waals surface area contributed by atoms with Gasteiger partial charge >= 0.3 is 5.97 Å². The quantitative estimate of drug-likeness (QED) is 0.194. The summed E-state index contributed by atoms with van der Waals surface area (Å²) in [6.45, 7) is 4.25. The molecule has 0 aliphatic carbocycles. The van der Waals surface area contributed by atoms with Crippen molar-refractivity contribution in [2.45, 2.75) is 26.4 Å². The van der Waals surface area contributed by atoms with Crippen molar-refractivity contribution in [3.8, 4) is 5.75 Å². The number of hydrogen-bond donors (Lipinski definition) is 1. The molecule has 1 aliphatic heterocycles. The number of ketones is 1. The highest BCUT2D eigenvalue weighted by Crippen LogP contribution is 2.41. The molecule has 0 spiro atoms. The SMILES string of the molecule is CCOC(=O)c1ccc(CN2C(=O)C(=O)/C(=C(/O)c3cc(OCC)ccc3Cl)C2c2cccnc2)cc1. The Balaban J connectivity index is 1.77. The Morgan fingerprint density at radius 1 is 1.08 bits per heavy atom. The summed E-state index contributed by atoms with van der Waals surface area (Å²) in [6.07, 6.45) is 3.12. The lowest BCUT2D eigenvalue weighted by molar-refractivity contribution is -0.140. The Labute approximate surface area is 219 Å². The summed E-state index contributed by atoms with van der Waals surface area (Å²) >= 11 is 6.37. The molecule has 1 fully saturated rings. The van der Waals surface area contributed by atoms with Crippen LogP contribution in [0.3, 0.4) is 0 Å². The van der Waals surface area contributed by atoms with E-state index in [1.807, 2.05) is 6.92 Å². The molecular formula is C28H25ClN2O6. The first-order valence-corrected chi connectivity index (χ1v) is 12.1. The zero-order valence-corrected chi connectivity index (χ0v) is 21.1. The van der Waals surface area contributed by atoms with E-state index in [4.69, 9.17) is 21.1 Å². The minimum absolute atomic E-state index is 0.0523. The largest absolute Gasteiger partial charge is 0.507 e. The molecule has 4 rings (SSSR count). The van der Waals surface area contributed by atoms with Crippen molar-refractivity contribution in [1.29, 1.82) is 0 Å². The fourth-order valence-corrected chi connectivity index (χ4v) is 4.38. The third-order valence-electron chi connectivity index (χ3n) is 5.86. The smallest absolute Gasteiger partial charge is 0.338 e. The molecule has 1 unspecified atom stereocenters. The molecule has 1 saturated heterocycles. The topological polar surface area (TPSA) is 106 Å². The minimum Gasteiger partial charge on any atom is -0.507 e. The number of carbonyl (C=O) groups is 3. The van der Waals surface area contributed by atoms with Crippen molar-refractivity contribution < 1.29 is 29.0 Å². The zero-order chi connectivity index (χ0) is 26.5. The Morgan fingerprint density at radius 3 is 2.49 bits per heavy atom. The molecule has 1 N–H and O–H groups in total. The number of halogens is 1. The van der Waals surface area contributed by atoms with E-state index in [-0.39, 0.29) is 29.3 Å². The first-order chi connectivity index (χ1) is 17.8. The first kappa shape index (κ1) is 25.9. The molecule has 0 saturated carbocycles. The van der Waals surface area contributed by atoms with Crippen LogP contribution < -0.4 is 4.74 Å². The summed E-state index contributed by atoms with van der Waals surface area (Å²) in [4.78, 5) is 44.0. The average molecular weight is 521 g/mol. The summed E-state index contributed by atoms with van der Waals surface area (Å²) in [5.74, 6) is -2.01. The molecule has 0 radical (unpaired) electrons. The summed E-state index contributed by atoms with van der Waals surface area (Å²) < 4.78 is 10.5. The van der Waals surface area contributed by atoms with Crippen LogP contribution in [0.25, 0.3) is 5.76 Å². The number of aliphatic hydroxyl groups is 1. The number of nitrogens with zero attached hydrogens (tertiary/aromatic N) is 2. The zero-order valence-electron chi connectivity index (χ0n) is 20.3. The third kappa shape index (κ3) is 5.34. The van der Waals surface area contributed by atoms with E-state index in [2.05, 4.69) is 4.98 Å². The molecule has 1 amide bonds. The Hall–Kier alpha value is -4.17. The average Bonchev–Trinajstić information content (AvgIpc) is 3.15. The molecule has 2 heterocycles. The van der Waals surface area contributed by atoms with Crippen LogP contribution in [0.15, 0.2) is 72.6 Å². The number of likely N-dealkylation sites (tertiary alicyclic amines) is 1. The standard InChI is InChI=1S/C28H25ClN2O6/c1-3-36-20-11-12-22(29)21(14-20)25(32)23-24(19-6-5-13-30-15-19)31(27(34)26(23)33)16-17-7-9-18(10-8-17)28(35)37-4-2/h5-15,24,32H,3-4,16H2,1-2H3/b25-23+. The number of Topliss-reactive ketones (excluding diaryl/α,β-unsaturated/α-hetero) is 1. The van der Waals surface area contributed by atoms with Gasteiger partial charge in [0.2, 0.25) is 0 Å². The Morgan fingerprint density at radius 2 is 1.84 bits per heavy atom. The molecule has 1 aliphatic rings. The highest BCUT2D eigenvalue weighted by molar-refractivity contribution is 6.47. The van der Waals surface area contributed by atoms with Gasteiger partial charge in [0.25, 0.3) is 11.7 Å². The molecule has 9 heteroatoms. The van der Waals surface area contributed by atoms with Gasteiger partial charge in [-0.25, -0.2) is 4.79 Å². The number of aliphatic hydroxyl groups excluding tert-OH is 1. The monoisotopic (exact) mass is 520 g/mol. The third-order valence-corrected chi connectivity index (χ3v) is 6.19. The number of aromatic nitrogens is 1. The van der Waals surface area contributed by atoms with Gasteiger partial charge in [0, 0.05) is 24.5 Å². The number of ether oxygens (including phenoxy) is 2. The fraction of sp³-hybridized carbons (Fsp3) is 0.214. The molecule has 0 bridgehead atoms. The van der Waals surface area contributed by atoms with E-state index >= 15 is 0 Å². The van der Waals surface area contributed by atoms with Gasteiger partial charge in [-0.15, -0.1) is 0 Å². The van der Waals surface area contributed by atoms with E-state index in [1.165, 1.54) is 11.0 Å². The first-order valence-electron chi connectivity index (χ1n) is 11.7. The van der Waals surface area contributed by atoms with Crippen LogP contribution in [0.1, 0.15) is 46.9 Å². The second-order valence-electron chi connectivity index (χ2n) is 8.21. The van der Waals surface area contributed by atoms with Gasteiger partial charge in [-0.2, -0.15) is 0 Å². The maximum absolute atomic E-state index is 13.3. The number of hydrogen-bond acceptors (Lipinski definition) is 7. The van der Waals surface area contributed by atoms with Crippen LogP contribution in [0.5, 0.6) is 5.75 Å². The molecule has 2 aromatic carbocycles. The summed E-state index contributed by atoms with van der Waals surface area (Å²) in [5.41, 5.74) is 1.68. The minimum atomic E-state index is -0.912. The lowest BCUT2D eigenvalue weighted by Crippen LogP contribution is -2.29. The molecule has 1 aromatic heterocycles. The van der Waals surface area contributed by atoms with E-state index in [1.54, 1.807) is 67.8 Å². The predicted octanol–water partition coefficient (Wildman–Crippen LogP) is 4.93. The Kier molecular flexibility index (Phi) is 7.89. The maximum Gasteiger partial charge on any atom is 0.338 e. The van der Waals surface area contributed by atoms with E-state index in [0.29, 0.717) is 29.0 Å². The highest BCUT2D eigenvalue weighted by atomic mass is 35.5. The van der Waals surface area contributed by atoms with Gasteiger partial charge < -0.3 is 19.5 Å². The van der Waals surface area contributed by atoms with Gasteiger partial charge in [-0.3, -0.25) is 14.6 Å². The molecule has 8 nitrogen and oxygen atoms in total. The second kappa shape index (κ2) is 11.3. The van der Waals surface area contributed by atoms with Gasteiger partial charge in [-0.1, -0.05) is 29.8 Å². The van der Waals surface area contributed by atoms with Gasteiger partial charge in [0.15, 0.2) is 0 Å². The number of rotatable bonds is 8. The van der Waals surface area contributed by atoms with Crippen molar-refractivity contribution in [1.82, 2.24) is 9.88 Å². The van der Waals surface area contributed by atoms with Crippen molar-refractivity contribution in [2.75, 3.05) is 13.2 Å². The van der Waals surface area contributed by atoms with Crippen molar-refractivity contribution in [3.05, 3.63) is 99.8 Å². The highest BCUT2D eigenvalue weighted by Gasteiger charge is 2.46. The van der Waals surface area contributed by atoms with Crippen molar-refractivity contribution in [3.63, 3.8) is 0 Å². The molecule has 1 atom stereocenters. The van der Waals surface area contributed by atoms with Crippen LogP contribution >= 0.6 is 11.6 Å². The van der Waals surface area contributed by atoms with Crippen LogP contribution in [-0.4, -0.2) is 45.9 Å². The normalized spacial score (nSPS) is 16.6. The number of carbonyl (C=O) groups excluding carboxylic acids is 3. The lowest BCUT2D eigenvalue weighted by atomic mass is 9.96. The number of amides is 1. The number of esters is 1. The maximum atomic E-state index is 13.3. The summed E-state index contributed by atoms with van der Waals surface area (Å²) in [6, 6.07) is 13.8. The van der Waals surface area contributed by atoms with Gasteiger partial charge in [0.1, 0.15) is 11.5 Å². The summed E-state index contributed by atoms with van der Waals surface area (Å²) in [7, 11) is 0. The van der Waals surface area contributed by atoms with Crippen LogP contribution in [-0.2, 0) is 20.9 Å². The van der Waals surface area contributed by atoms with E-state index in [9.17, 15) is 19.5 Å². The van der Waals surface area contributed by atoms with E-state index in [0.717, 1.165) is 0 Å². The Bertz CT molecular complexity index is 1350. The van der Waals surface area contributed by atoms with Gasteiger partial charge in [0.05, 0.1) is 35.4 Å².